The summed E-state index contributed by atoms with van der Waals surface area (Å²) in [6.07, 6.45) is 0.0719. The van der Waals surface area contributed by atoms with Crippen LogP contribution in [0.1, 0.15) is 39.0 Å². The molecule has 0 aliphatic heterocycles. The highest BCUT2D eigenvalue weighted by Gasteiger charge is 2.28. The van der Waals surface area contributed by atoms with Crippen molar-refractivity contribution in [1.82, 2.24) is 9.78 Å². The van der Waals surface area contributed by atoms with Gasteiger partial charge in [0.1, 0.15) is 5.75 Å². The minimum Gasteiger partial charge on any atom is -0.491 e. The highest BCUT2D eigenvalue weighted by atomic mass is 79.9. The maximum atomic E-state index is 11.4. The van der Waals surface area contributed by atoms with E-state index >= 15 is 0 Å². The van der Waals surface area contributed by atoms with Crippen LogP contribution in [0, 0.1) is 0 Å². The number of aromatic nitrogens is 2. The SMILES string of the molecule is CC(C)Oc1cccc(-c2cc(COC(C)(C)C(=O)O)nn2Cc2ccccc2Br)c1. The number of hydrogen-bond acceptors (Lipinski definition) is 4. The van der Waals surface area contributed by atoms with E-state index in [-0.39, 0.29) is 12.7 Å². The molecule has 31 heavy (non-hydrogen) atoms. The van der Waals surface area contributed by atoms with E-state index in [1.807, 2.05) is 73.1 Å². The van der Waals surface area contributed by atoms with Gasteiger partial charge in [-0.15, -0.1) is 0 Å². The van der Waals surface area contributed by atoms with Gasteiger partial charge in [-0.25, -0.2) is 4.79 Å². The van der Waals surface area contributed by atoms with Crippen LogP contribution in [0.15, 0.2) is 59.1 Å². The van der Waals surface area contributed by atoms with Crippen LogP contribution in [0.2, 0.25) is 0 Å². The normalized spacial score (nSPS) is 11.7. The van der Waals surface area contributed by atoms with Gasteiger partial charge in [-0.1, -0.05) is 46.3 Å². The summed E-state index contributed by atoms with van der Waals surface area (Å²) >= 11 is 3.60. The molecule has 0 saturated carbocycles. The minimum atomic E-state index is -1.29. The number of nitrogens with zero attached hydrogens (tertiary/aromatic N) is 2. The smallest absolute Gasteiger partial charge is 0.335 e. The number of hydrogen-bond donors (Lipinski definition) is 1. The fraction of sp³-hybridized carbons (Fsp3) is 0.333. The fourth-order valence-electron chi connectivity index (χ4n) is 3.00. The number of carboxylic acids is 1. The second-order valence-electron chi connectivity index (χ2n) is 8.07. The third-order valence-corrected chi connectivity index (χ3v) is 5.48. The molecular weight excluding hydrogens is 460 g/mol. The summed E-state index contributed by atoms with van der Waals surface area (Å²) in [4.78, 5) is 11.4. The van der Waals surface area contributed by atoms with Gasteiger partial charge in [0.05, 0.1) is 30.6 Å². The van der Waals surface area contributed by atoms with Crippen molar-refractivity contribution in [3.63, 3.8) is 0 Å². The number of carbonyl (C=O) groups is 1. The number of halogens is 1. The molecule has 0 aliphatic carbocycles. The molecule has 0 amide bonds. The summed E-state index contributed by atoms with van der Waals surface area (Å²) in [5.74, 6) is -0.232. The van der Waals surface area contributed by atoms with Crippen LogP contribution in [0.5, 0.6) is 5.75 Å². The molecule has 6 nitrogen and oxygen atoms in total. The number of carboxylic acid groups (broad SMARTS) is 1. The number of aliphatic carboxylic acids is 1. The van der Waals surface area contributed by atoms with Crippen LogP contribution in [-0.4, -0.2) is 32.6 Å². The molecule has 0 radical (unpaired) electrons. The molecule has 0 bridgehead atoms. The van der Waals surface area contributed by atoms with Gasteiger partial charge in [-0.3, -0.25) is 4.68 Å². The van der Waals surface area contributed by atoms with E-state index in [0.717, 1.165) is 27.0 Å². The van der Waals surface area contributed by atoms with Crippen LogP contribution in [-0.2, 0) is 22.7 Å². The predicted molar refractivity (Wildman–Crippen MR) is 123 cm³/mol. The third kappa shape index (κ3) is 5.95. The maximum Gasteiger partial charge on any atom is 0.335 e. The summed E-state index contributed by atoms with van der Waals surface area (Å²) in [6, 6.07) is 17.8. The molecule has 0 unspecified atom stereocenters. The molecule has 3 aromatic rings. The molecule has 0 saturated heterocycles. The summed E-state index contributed by atoms with van der Waals surface area (Å²) < 4.78 is 14.4. The van der Waals surface area contributed by atoms with Crippen LogP contribution >= 0.6 is 15.9 Å². The van der Waals surface area contributed by atoms with Crippen LogP contribution in [0.3, 0.4) is 0 Å². The quantitative estimate of drug-likeness (QED) is 0.430. The molecule has 0 fully saturated rings. The standard InChI is InChI=1S/C24H27BrN2O4/c1-16(2)31-20-10-7-9-17(12-20)22-13-19(15-30-24(3,4)23(28)29)26-27(22)14-18-8-5-6-11-21(18)25/h5-13,16H,14-15H2,1-4H3,(H,28,29). The zero-order valence-electron chi connectivity index (χ0n) is 18.1. The van der Waals surface area contributed by atoms with E-state index in [1.165, 1.54) is 13.8 Å². The molecule has 0 aliphatic rings. The predicted octanol–water partition coefficient (Wildman–Crippen LogP) is 5.53. The van der Waals surface area contributed by atoms with E-state index in [0.29, 0.717) is 12.2 Å². The van der Waals surface area contributed by atoms with Crippen molar-refractivity contribution >= 4 is 21.9 Å². The number of rotatable bonds is 9. The zero-order chi connectivity index (χ0) is 22.6. The van der Waals surface area contributed by atoms with E-state index in [2.05, 4.69) is 15.9 Å². The highest BCUT2D eigenvalue weighted by molar-refractivity contribution is 9.10. The molecule has 1 N–H and O–H groups in total. The van der Waals surface area contributed by atoms with Crippen LogP contribution in [0.25, 0.3) is 11.3 Å². The lowest BCUT2D eigenvalue weighted by atomic mass is 10.1. The Labute approximate surface area is 190 Å². The molecule has 1 heterocycles. The molecule has 0 atom stereocenters. The molecule has 2 aromatic carbocycles. The van der Waals surface area contributed by atoms with E-state index in [1.54, 1.807) is 0 Å². The number of benzene rings is 2. The molecule has 0 spiro atoms. The first-order chi connectivity index (χ1) is 14.7. The Balaban J connectivity index is 1.96. The van der Waals surface area contributed by atoms with E-state index in [4.69, 9.17) is 14.6 Å². The first-order valence-corrected chi connectivity index (χ1v) is 10.9. The monoisotopic (exact) mass is 486 g/mol. The summed E-state index contributed by atoms with van der Waals surface area (Å²) in [7, 11) is 0. The third-order valence-electron chi connectivity index (χ3n) is 4.71. The Kier molecular flexibility index (Phi) is 7.18. The largest absolute Gasteiger partial charge is 0.491 e. The first-order valence-electron chi connectivity index (χ1n) is 10.1. The van der Waals surface area contributed by atoms with Gasteiger partial charge in [-0.05, 0) is 57.5 Å². The van der Waals surface area contributed by atoms with Crippen molar-refractivity contribution in [2.75, 3.05) is 0 Å². The van der Waals surface area contributed by atoms with Gasteiger partial charge in [0.2, 0.25) is 0 Å². The maximum absolute atomic E-state index is 11.4. The van der Waals surface area contributed by atoms with Gasteiger partial charge in [0, 0.05) is 10.0 Å². The van der Waals surface area contributed by atoms with Crippen molar-refractivity contribution < 1.29 is 19.4 Å². The lowest BCUT2D eigenvalue weighted by Gasteiger charge is -2.19. The summed E-state index contributed by atoms with van der Waals surface area (Å²) in [5.41, 5.74) is 2.31. The van der Waals surface area contributed by atoms with Gasteiger partial charge < -0.3 is 14.6 Å². The van der Waals surface area contributed by atoms with Crippen molar-refractivity contribution in [3.8, 4) is 17.0 Å². The van der Waals surface area contributed by atoms with Gasteiger partial charge in [0.15, 0.2) is 5.60 Å². The lowest BCUT2D eigenvalue weighted by Crippen LogP contribution is -2.34. The molecule has 7 heteroatoms. The van der Waals surface area contributed by atoms with Gasteiger partial charge >= 0.3 is 5.97 Å². The summed E-state index contributed by atoms with van der Waals surface area (Å²) in [6.45, 7) is 7.68. The number of ether oxygens (including phenoxy) is 2. The summed E-state index contributed by atoms with van der Waals surface area (Å²) in [5, 5.41) is 14.0. The molecule has 164 valence electrons. The Morgan fingerprint density at radius 3 is 2.58 bits per heavy atom. The average molecular weight is 487 g/mol. The Morgan fingerprint density at radius 1 is 1.16 bits per heavy atom. The van der Waals surface area contributed by atoms with Gasteiger partial charge in [0.25, 0.3) is 0 Å². The topological polar surface area (TPSA) is 73.6 Å². The Bertz CT molecular complexity index is 1060. The molecular formula is C24H27BrN2O4. The first kappa shape index (κ1) is 23.0. The molecule has 3 rings (SSSR count). The lowest BCUT2D eigenvalue weighted by molar-refractivity contribution is -0.162. The van der Waals surface area contributed by atoms with Crippen molar-refractivity contribution in [3.05, 3.63) is 70.3 Å². The molecule has 1 aromatic heterocycles. The second-order valence-corrected chi connectivity index (χ2v) is 8.92. The van der Waals surface area contributed by atoms with E-state index in [9.17, 15) is 9.90 Å². The van der Waals surface area contributed by atoms with Crippen LogP contribution < -0.4 is 4.74 Å². The second kappa shape index (κ2) is 9.66. The Hall–Kier alpha value is -2.64. The van der Waals surface area contributed by atoms with E-state index < -0.39 is 11.6 Å². The van der Waals surface area contributed by atoms with Crippen molar-refractivity contribution in [2.45, 2.75) is 52.6 Å². The van der Waals surface area contributed by atoms with Crippen molar-refractivity contribution in [2.24, 2.45) is 0 Å². The average Bonchev–Trinajstić information content (AvgIpc) is 3.11. The van der Waals surface area contributed by atoms with Crippen LogP contribution in [0.4, 0.5) is 0 Å². The minimum absolute atomic E-state index is 0.0719. The zero-order valence-corrected chi connectivity index (χ0v) is 19.7. The van der Waals surface area contributed by atoms with Gasteiger partial charge in [-0.2, -0.15) is 5.10 Å². The highest BCUT2D eigenvalue weighted by Crippen LogP contribution is 2.28. The fourth-order valence-corrected chi connectivity index (χ4v) is 3.41. The Morgan fingerprint density at radius 2 is 1.90 bits per heavy atom. The van der Waals surface area contributed by atoms with Crippen molar-refractivity contribution in [1.29, 1.82) is 0 Å².